The molecule has 1 heterocycles. The van der Waals surface area contributed by atoms with E-state index in [1.807, 2.05) is 12.1 Å². The van der Waals surface area contributed by atoms with Gasteiger partial charge in [0.2, 0.25) is 5.91 Å². The van der Waals surface area contributed by atoms with E-state index in [1.54, 1.807) is 14.2 Å². The van der Waals surface area contributed by atoms with Gasteiger partial charge in [-0.05, 0) is 57.2 Å². The second-order valence-corrected chi connectivity index (χ2v) is 8.29. The Morgan fingerprint density at radius 1 is 1.14 bits per heavy atom. The number of para-hydroxylation sites is 1. The fourth-order valence-electron chi connectivity index (χ4n) is 4.48. The second kappa shape index (κ2) is 11.4. The molecule has 2 aliphatic rings. The van der Waals surface area contributed by atoms with E-state index in [4.69, 9.17) is 9.47 Å². The molecule has 0 N–H and O–H groups in total. The van der Waals surface area contributed by atoms with Crippen molar-refractivity contribution >= 4 is 5.91 Å². The van der Waals surface area contributed by atoms with Gasteiger partial charge < -0.3 is 14.4 Å². The molecule has 0 unspecified atom stereocenters. The number of amides is 1. The smallest absolute Gasteiger partial charge is 0.226 e. The molecule has 1 saturated heterocycles. The molecule has 1 aromatic carbocycles. The molecule has 1 aliphatic carbocycles. The van der Waals surface area contributed by atoms with Crippen molar-refractivity contribution in [3.8, 4) is 5.75 Å². The first kappa shape index (κ1) is 21.8. The Balaban J connectivity index is 1.51. The fourth-order valence-corrected chi connectivity index (χ4v) is 4.48. The van der Waals surface area contributed by atoms with Crippen molar-refractivity contribution in [1.29, 1.82) is 0 Å². The lowest BCUT2D eigenvalue weighted by Gasteiger charge is -2.36. The van der Waals surface area contributed by atoms with Gasteiger partial charge in [-0.25, -0.2) is 0 Å². The van der Waals surface area contributed by atoms with Gasteiger partial charge >= 0.3 is 0 Å². The first-order valence-corrected chi connectivity index (χ1v) is 11.0. The number of likely N-dealkylation sites (tertiary alicyclic amines) is 1. The minimum Gasteiger partial charge on any atom is -0.496 e. The summed E-state index contributed by atoms with van der Waals surface area (Å²) in [5, 5.41) is 0. The van der Waals surface area contributed by atoms with Crippen LogP contribution in [0.15, 0.2) is 36.4 Å². The van der Waals surface area contributed by atoms with Crippen LogP contribution >= 0.6 is 0 Å². The van der Waals surface area contributed by atoms with E-state index in [-0.39, 0.29) is 5.92 Å². The van der Waals surface area contributed by atoms with Crippen LogP contribution in [0, 0.1) is 11.8 Å². The zero-order valence-corrected chi connectivity index (χ0v) is 18.0. The molecule has 0 saturated carbocycles. The van der Waals surface area contributed by atoms with Crippen molar-refractivity contribution in [2.24, 2.45) is 11.8 Å². The van der Waals surface area contributed by atoms with Gasteiger partial charge in [-0.15, -0.1) is 0 Å². The molecule has 29 heavy (non-hydrogen) atoms. The first-order chi connectivity index (χ1) is 14.2. The molecule has 3 rings (SSSR count). The minimum atomic E-state index is 0.155. The average Bonchev–Trinajstić information content (AvgIpc) is 2.78. The van der Waals surface area contributed by atoms with Gasteiger partial charge in [0, 0.05) is 38.2 Å². The maximum atomic E-state index is 13.1. The lowest BCUT2D eigenvalue weighted by molar-refractivity contribution is -0.137. The van der Waals surface area contributed by atoms with Gasteiger partial charge in [-0.2, -0.15) is 0 Å². The number of allylic oxidation sites excluding steroid dienone is 2. The Bertz CT molecular complexity index is 668. The highest BCUT2D eigenvalue weighted by atomic mass is 16.5. The summed E-state index contributed by atoms with van der Waals surface area (Å²) in [5.74, 6) is 2.02. The summed E-state index contributed by atoms with van der Waals surface area (Å²) in [5.41, 5.74) is 1.25. The lowest BCUT2D eigenvalue weighted by Crippen LogP contribution is -2.44. The van der Waals surface area contributed by atoms with Crippen LogP contribution in [0.5, 0.6) is 5.75 Å². The predicted molar refractivity (Wildman–Crippen MR) is 116 cm³/mol. The third-order valence-corrected chi connectivity index (χ3v) is 6.27. The highest BCUT2D eigenvalue weighted by Gasteiger charge is 2.28. The number of ether oxygens (including phenoxy) is 2. The van der Waals surface area contributed by atoms with E-state index in [0.29, 0.717) is 25.0 Å². The van der Waals surface area contributed by atoms with Crippen LogP contribution < -0.4 is 4.74 Å². The van der Waals surface area contributed by atoms with Crippen molar-refractivity contribution < 1.29 is 14.3 Å². The van der Waals surface area contributed by atoms with E-state index in [2.05, 4.69) is 34.1 Å². The molecule has 160 valence electrons. The molecule has 1 amide bonds. The third-order valence-electron chi connectivity index (χ3n) is 6.27. The number of nitrogens with zero attached hydrogens (tertiary/aromatic N) is 2. The number of rotatable bonds is 9. The SMILES string of the molecule is COCCN(CC1CCN(Cc2ccccc2OC)CC1)C(=O)[C@H]1CC=CCC1. The van der Waals surface area contributed by atoms with Gasteiger partial charge in [0.05, 0.1) is 13.7 Å². The standard InChI is InChI=1S/C24H36N2O3/c1-28-17-16-26(24(27)21-8-4-3-5-9-21)18-20-12-14-25(15-13-20)19-22-10-6-7-11-23(22)29-2/h3-4,6-7,10-11,20-21H,5,8-9,12-19H2,1-2H3/t21-/m0/s1. The quantitative estimate of drug-likeness (QED) is 0.592. The molecule has 5 heteroatoms. The van der Waals surface area contributed by atoms with Gasteiger partial charge in [0.15, 0.2) is 0 Å². The summed E-state index contributed by atoms with van der Waals surface area (Å²) in [6, 6.07) is 8.27. The fraction of sp³-hybridized carbons (Fsp3) is 0.625. The van der Waals surface area contributed by atoms with Crippen molar-refractivity contribution in [2.45, 2.75) is 38.6 Å². The molecular weight excluding hydrogens is 364 g/mol. The maximum absolute atomic E-state index is 13.1. The Morgan fingerprint density at radius 2 is 1.93 bits per heavy atom. The molecule has 0 bridgehead atoms. The van der Waals surface area contributed by atoms with Crippen LogP contribution in [0.4, 0.5) is 0 Å². The maximum Gasteiger partial charge on any atom is 0.226 e. The van der Waals surface area contributed by atoms with Crippen molar-refractivity contribution in [3.05, 3.63) is 42.0 Å². The molecule has 5 nitrogen and oxygen atoms in total. The van der Waals surface area contributed by atoms with E-state index < -0.39 is 0 Å². The Kier molecular flexibility index (Phi) is 8.56. The molecule has 1 fully saturated rings. The monoisotopic (exact) mass is 400 g/mol. The van der Waals surface area contributed by atoms with Gasteiger partial charge in [-0.1, -0.05) is 30.4 Å². The van der Waals surface area contributed by atoms with Gasteiger partial charge in [0.25, 0.3) is 0 Å². The number of piperidine rings is 1. The summed E-state index contributed by atoms with van der Waals surface area (Å²) in [4.78, 5) is 17.6. The normalized spacial score (nSPS) is 20.6. The molecule has 1 aromatic rings. The predicted octanol–water partition coefficient (Wildman–Crippen LogP) is 3.74. The zero-order valence-electron chi connectivity index (χ0n) is 18.0. The van der Waals surface area contributed by atoms with Crippen molar-refractivity contribution in [2.75, 3.05) is 47.0 Å². The van der Waals surface area contributed by atoms with Gasteiger partial charge in [-0.3, -0.25) is 9.69 Å². The molecule has 1 atom stereocenters. The van der Waals surface area contributed by atoms with Crippen LogP contribution in [0.1, 0.15) is 37.7 Å². The van der Waals surface area contributed by atoms with E-state index in [9.17, 15) is 4.79 Å². The third kappa shape index (κ3) is 6.31. The van der Waals surface area contributed by atoms with Crippen LogP contribution in [-0.4, -0.2) is 62.7 Å². The van der Waals surface area contributed by atoms with Crippen LogP contribution in [-0.2, 0) is 16.1 Å². The molecule has 0 aromatic heterocycles. The van der Waals surface area contributed by atoms with Gasteiger partial charge in [0.1, 0.15) is 5.75 Å². The number of hydrogen-bond acceptors (Lipinski definition) is 4. The number of benzene rings is 1. The van der Waals surface area contributed by atoms with Crippen LogP contribution in [0.3, 0.4) is 0 Å². The van der Waals surface area contributed by atoms with E-state index >= 15 is 0 Å². The Morgan fingerprint density at radius 3 is 2.62 bits per heavy atom. The largest absolute Gasteiger partial charge is 0.496 e. The molecule has 0 spiro atoms. The number of hydrogen-bond donors (Lipinski definition) is 0. The lowest BCUT2D eigenvalue weighted by atomic mass is 9.91. The zero-order chi connectivity index (χ0) is 20.5. The highest BCUT2D eigenvalue weighted by molar-refractivity contribution is 5.79. The minimum absolute atomic E-state index is 0.155. The Labute approximate surface area is 175 Å². The highest BCUT2D eigenvalue weighted by Crippen LogP contribution is 2.26. The molecule has 0 radical (unpaired) electrons. The van der Waals surface area contributed by atoms with Crippen molar-refractivity contribution in [1.82, 2.24) is 9.80 Å². The second-order valence-electron chi connectivity index (χ2n) is 8.29. The summed E-state index contributed by atoms with van der Waals surface area (Å²) < 4.78 is 10.8. The molecule has 1 aliphatic heterocycles. The van der Waals surface area contributed by atoms with Crippen LogP contribution in [0.25, 0.3) is 0 Å². The summed E-state index contributed by atoms with van der Waals surface area (Å²) in [6.45, 7) is 5.25. The van der Waals surface area contributed by atoms with Crippen molar-refractivity contribution in [3.63, 3.8) is 0 Å². The van der Waals surface area contributed by atoms with Crippen LogP contribution in [0.2, 0.25) is 0 Å². The topological polar surface area (TPSA) is 42.0 Å². The molecular formula is C24H36N2O3. The number of methoxy groups -OCH3 is 2. The summed E-state index contributed by atoms with van der Waals surface area (Å²) >= 11 is 0. The number of carbonyl (C=O) groups excluding carboxylic acids is 1. The van der Waals surface area contributed by atoms with E-state index in [1.165, 1.54) is 5.56 Å². The number of carbonyl (C=O) groups is 1. The first-order valence-electron chi connectivity index (χ1n) is 11.0. The van der Waals surface area contributed by atoms with E-state index in [0.717, 1.165) is 64.0 Å². The Hall–Kier alpha value is -1.85. The average molecular weight is 401 g/mol. The summed E-state index contributed by atoms with van der Waals surface area (Å²) in [7, 11) is 3.45. The summed E-state index contributed by atoms with van der Waals surface area (Å²) in [6.07, 6.45) is 9.52.